The van der Waals surface area contributed by atoms with E-state index in [0.717, 1.165) is 5.56 Å². The Morgan fingerprint density at radius 1 is 1.35 bits per heavy atom. The Bertz CT molecular complexity index is 652. The molecule has 1 unspecified atom stereocenters. The van der Waals surface area contributed by atoms with Gasteiger partial charge in [0, 0.05) is 0 Å². The number of hydrogen-bond donors (Lipinski definition) is 2. The quantitative estimate of drug-likeness (QED) is 0.485. The van der Waals surface area contributed by atoms with Crippen molar-refractivity contribution in [3.8, 4) is 5.75 Å². The number of benzene rings is 1. The fourth-order valence-electron chi connectivity index (χ4n) is 1.57. The molecule has 1 aromatic carbocycles. The van der Waals surface area contributed by atoms with Gasteiger partial charge in [0.2, 0.25) is 5.91 Å². The molecule has 0 saturated heterocycles. The van der Waals surface area contributed by atoms with Crippen LogP contribution >= 0.6 is 70.4 Å². The maximum absolute atomic E-state index is 12.1. The lowest BCUT2D eigenvalue weighted by atomic mass is 10.0. The molecule has 124 valence electrons. The van der Waals surface area contributed by atoms with Crippen molar-refractivity contribution in [3.63, 3.8) is 0 Å². The number of aryl methyl sites for hydroxylation is 1. The molecular formula is C13H13BBr3ClN2O2S. The summed E-state index contributed by atoms with van der Waals surface area (Å²) in [5, 5.41) is 13.0. The highest BCUT2D eigenvalue weighted by molar-refractivity contribution is 9.69. The van der Waals surface area contributed by atoms with Crippen molar-refractivity contribution in [2.75, 3.05) is 5.32 Å². The molecule has 1 heterocycles. The highest BCUT2D eigenvalue weighted by atomic mass is 79.9. The van der Waals surface area contributed by atoms with Crippen LogP contribution < -0.4 is 5.32 Å². The molecule has 0 saturated carbocycles. The molecule has 2 N–H and O–H groups in total. The van der Waals surface area contributed by atoms with E-state index in [1.54, 1.807) is 38.1 Å². The smallest absolute Gasteiger partial charge is 0.369 e. The second-order valence-electron chi connectivity index (χ2n) is 4.46. The highest BCUT2D eigenvalue weighted by Gasteiger charge is 2.18. The third kappa shape index (κ3) is 7.13. The fraction of sp³-hybridized carbons (Fsp3) is 0.231. The number of nitrogens with zero attached hydrogens (tertiary/aromatic N) is 1. The Morgan fingerprint density at radius 3 is 2.30 bits per heavy atom. The third-order valence-electron chi connectivity index (χ3n) is 2.81. The Morgan fingerprint density at radius 2 is 1.87 bits per heavy atom. The molecular weight excluding hydrogens is 534 g/mol. The lowest BCUT2D eigenvalue weighted by Crippen LogP contribution is -2.18. The number of phenolic OH excluding ortho intramolecular Hbond substituents is 1. The van der Waals surface area contributed by atoms with Crippen LogP contribution in [0.2, 0.25) is 5.02 Å². The van der Waals surface area contributed by atoms with E-state index in [1.807, 2.05) is 0 Å². The van der Waals surface area contributed by atoms with Gasteiger partial charge in [0.15, 0.2) is 0 Å². The second kappa shape index (κ2) is 10.0. The van der Waals surface area contributed by atoms with Gasteiger partial charge in [-0.15, -0.1) is 47.3 Å². The van der Waals surface area contributed by atoms with E-state index in [9.17, 15) is 9.90 Å². The molecule has 1 amide bonds. The first-order valence-corrected chi connectivity index (χ1v) is 10.3. The summed E-state index contributed by atoms with van der Waals surface area (Å²) in [6.45, 7) is 3.58. The predicted octanol–water partition coefficient (Wildman–Crippen LogP) is 5.71. The van der Waals surface area contributed by atoms with Gasteiger partial charge in [-0.1, -0.05) is 23.7 Å². The molecule has 23 heavy (non-hydrogen) atoms. The molecule has 0 aliphatic heterocycles. The van der Waals surface area contributed by atoms with Crippen LogP contribution in [0.15, 0.2) is 24.3 Å². The number of aromatic nitrogens is 1. The summed E-state index contributed by atoms with van der Waals surface area (Å²) in [4.78, 5) is 12.1. The SMILES string of the molecule is BrB(Br)Br.Cc1nsc(NC(=O)C(C)c2ccc(O)cc2)c1Cl. The number of carbonyl (C=O) groups excluding carboxylic acids is 1. The van der Waals surface area contributed by atoms with E-state index < -0.39 is 0 Å². The predicted molar refractivity (Wildman–Crippen MR) is 110 cm³/mol. The summed E-state index contributed by atoms with van der Waals surface area (Å²) in [5.41, 5.74) is 1.53. The van der Waals surface area contributed by atoms with E-state index >= 15 is 0 Å². The summed E-state index contributed by atoms with van der Waals surface area (Å²) in [6, 6.07) is 6.56. The molecule has 4 nitrogen and oxygen atoms in total. The first-order chi connectivity index (χ1) is 10.7. The Balaban J connectivity index is 0.000000593. The summed E-state index contributed by atoms with van der Waals surface area (Å²) in [6.07, 6.45) is 0. The molecule has 0 spiro atoms. The van der Waals surface area contributed by atoms with Crippen molar-refractivity contribution in [1.29, 1.82) is 0 Å². The molecule has 10 heteroatoms. The van der Waals surface area contributed by atoms with Crippen molar-refractivity contribution >= 4 is 84.5 Å². The van der Waals surface area contributed by atoms with Crippen molar-refractivity contribution < 1.29 is 9.90 Å². The lowest BCUT2D eigenvalue weighted by Gasteiger charge is -2.11. The zero-order chi connectivity index (χ0) is 17.6. The minimum Gasteiger partial charge on any atom is -0.508 e. The number of rotatable bonds is 3. The van der Waals surface area contributed by atoms with Crippen LogP contribution in [0, 0.1) is 6.92 Å². The van der Waals surface area contributed by atoms with Gasteiger partial charge in [-0.2, -0.15) is 4.37 Å². The number of anilines is 1. The summed E-state index contributed by atoms with van der Waals surface area (Å²) in [7, 11) is 0. The number of aromatic hydroxyl groups is 1. The van der Waals surface area contributed by atoms with Crippen LogP contribution in [-0.4, -0.2) is 18.6 Å². The standard InChI is InChI=1S/C13H13ClN2O2S.BBr3/c1-7(9-3-5-10(17)6-4-9)12(18)15-13-11(14)8(2)16-19-13;2-1(3)4/h3-7,17H,1-2H3,(H,15,18);. The van der Waals surface area contributed by atoms with Gasteiger partial charge < -0.3 is 10.4 Å². The summed E-state index contributed by atoms with van der Waals surface area (Å²) in [5.74, 6) is -0.312. The topological polar surface area (TPSA) is 62.2 Å². The van der Waals surface area contributed by atoms with Gasteiger partial charge in [-0.05, 0) is 43.1 Å². The van der Waals surface area contributed by atoms with E-state index in [2.05, 4.69) is 57.0 Å². The first kappa shape index (κ1) is 21.0. The Kier molecular flexibility index (Phi) is 9.14. The van der Waals surface area contributed by atoms with Crippen LogP contribution in [0.1, 0.15) is 24.1 Å². The Hall–Kier alpha value is -0.0851. The van der Waals surface area contributed by atoms with E-state index in [1.165, 1.54) is 11.5 Å². The molecule has 1 aromatic heterocycles. The average Bonchev–Trinajstić information content (AvgIpc) is 2.79. The van der Waals surface area contributed by atoms with Crippen molar-refractivity contribution in [3.05, 3.63) is 40.5 Å². The normalized spacial score (nSPS) is 11.2. The number of nitrogens with one attached hydrogen (secondary N) is 1. The second-order valence-corrected chi connectivity index (χ2v) is 12.0. The number of amides is 1. The fourth-order valence-corrected chi connectivity index (χ4v) is 2.51. The van der Waals surface area contributed by atoms with Gasteiger partial charge in [-0.25, -0.2) is 0 Å². The third-order valence-corrected chi connectivity index (χ3v) is 4.24. The number of carbonyl (C=O) groups is 1. The van der Waals surface area contributed by atoms with Crippen molar-refractivity contribution in [2.24, 2.45) is 0 Å². The summed E-state index contributed by atoms with van der Waals surface area (Å²) >= 11 is 16.5. The highest BCUT2D eigenvalue weighted by Crippen LogP contribution is 2.30. The summed E-state index contributed by atoms with van der Waals surface area (Å²) < 4.78 is 4.35. The van der Waals surface area contributed by atoms with Crippen LogP contribution in [0.5, 0.6) is 5.75 Å². The van der Waals surface area contributed by atoms with Crippen LogP contribution in [0.25, 0.3) is 0 Å². The number of hydrogen-bond acceptors (Lipinski definition) is 4. The molecule has 0 radical (unpaired) electrons. The van der Waals surface area contributed by atoms with Crippen molar-refractivity contribution in [1.82, 2.24) is 4.37 Å². The molecule has 1 atom stereocenters. The molecule has 0 bridgehead atoms. The maximum atomic E-state index is 12.1. The van der Waals surface area contributed by atoms with Crippen LogP contribution in [0.3, 0.4) is 0 Å². The van der Waals surface area contributed by atoms with E-state index in [4.69, 9.17) is 11.6 Å². The number of phenols is 1. The van der Waals surface area contributed by atoms with Gasteiger partial charge in [0.1, 0.15) is 10.8 Å². The number of halogens is 4. The zero-order valence-corrected chi connectivity index (χ0v) is 18.5. The molecule has 0 fully saturated rings. The van der Waals surface area contributed by atoms with Crippen molar-refractivity contribution in [2.45, 2.75) is 19.8 Å². The van der Waals surface area contributed by atoms with Gasteiger partial charge in [0.05, 0.1) is 16.6 Å². The minimum absolute atomic E-state index is 0.156. The average molecular weight is 547 g/mol. The van der Waals surface area contributed by atoms with E-state index in [0.29, 0.717) is 15.7 Å². The lowest BCUT2D eigenvalue weighted by molar-refractivity contribution is -0.117. The maximum Gasteiger partial charge on any atom is 0.369 e. The monoisotopic (exact) mass is 544 g/mol. The van der Waals surface area contributed by atoms with Gasteiger partial charge in [0.25, 0.3) is 0 Å². The minimum atomic E-state index is -0.334. The molecule has 0 aliphatic carbocycles. The van der Waals surface area contributed by atoms with E-state index in [-0.39, 0.29) is 20.8 Å². The van der Waals surface area contributed by atoms with Crippen LogP contribution in [0.4, 0.5) is 5.00 Å². The van der Waals surface area contributed by atoms with Gasteiger partial charge in [-0.3, -0.25) is 4.79 Å². The first-order valence-electron chi connectivity index (χ1n) is 6.36. The van der Waals surface area contributed by atoms with Gasteiger partial charge >= 0.3 is 3.18 Å². The molecule has 2 rings (SSSR count). The zero-order valence-electron chi connectivity index (χ0n) is 12.2. The Labute approximate surface area is 169 Å². The van der Waals surface area contributed by atoms with Crippen LogP contribution in [-0.2, 0) is 4.79 Å². The molecule has 0 aliphatic rings. The molecule has 2 aromatic rings. The largest absolute Gasteiger partial charge is 0.508 e.